The number of aliphatic hydroxyl groups is 1. The number of nitrogens with zero attached hydrogens (tertiary/aromatic N) is 1. The average molecular weight is 383 g/mol. The minimum Gasteiger partial charge on any atom is -0.478 e. The number of hydrogen-bond acceptors (Lipinski definition) is 3. The first kappa shape index (κ1) is 21.7. The van der Waals surface area contributed by atoms with E-state index in [1.165, 1.54) is 0 Å². The number of benzene rings is 1. The quantitative estimate of drug-likeness (QED) is 0.533. The van der Waals surface area contributed by atoms with Crippen molar-refractivity contribution in [2.75, 3.05) is 6.54 Å². The molecular formula is C23H29NO4. The third-order valence-corrected chi connectivity index (χ3v) is 5.06. The van der Waals surface area contributed by atoms with Crippen molar-refractivity contribution in [3.05, 3.63) is 47.5 Å². The largest absolute Gasteiger partial charge is 0.478 e. The fraction of sp³-hybridized carbons (Fsp3) is 0.478. The molecule has 5 nitrogen and oxygen atoms in total. The van der Waals surface area contributed by atoms with E-state index in [9.17, 15) is 14.7 Å². The van der Waals surface area contributed by atoms with E-state index in [4.69, 9.17) is 5.11 Å². The van der Waals surface area contributed by atoms with Gasteiger partial charge in [0.25, 0.3) is 0 Å². The smallest absolute Gasteiger partial charge is 0.335 e. The van der Waals surface area contributed by atoms with Gasteiger partial charge < -0.3 is 15.1 Å². The molecule has 1 aromatic rings. The van der Waals surface area contributed by atoms with Gasteiger partial charge in [0.15, 0.2) is 0 Å². The van der Waals surface area contributed by atoms with Gasteiger partial charge in [-0.3, -0.25) is 4.79 Å². The van der Waals surface area contributed by atoms with E-state index >= 15 is 0 Å². The number of carbonyl (C=O) groups is 2. The first-order chi connectivity index (χ1) is 13.4. The number of rotatable bonds is 8. The van der Waals surface area contributed by atoms with Crippen molar-refractivity contribution >= 4 is 11.9 Å². The summed E-state index contributed by atoms with van der Waals surface area (Å²) in [6, 6.07) is 6.74. The topological polar surface area (TPSA) is 77.8 Å². The summed E-state index contributed by atoms with van der Waals surface area (Å²) in [5.74, 6) is 5.30. The molecule has 3 atom stereocenters. The monoisotopic (exact) mass is 383 g/mol. The summed E-state index contributed by atoms with van der Waals surface area (Å²) in [7, 11) is 0. The lowest BCUT2D eigenvalue weighted by Gasteiger charge is -2.23. The summed E-state index contributed by atoms with van der Waals surface area (Å²) in [5.41, 5.74) is 1.25. The van der Waals surface area contributed by atoms with E-state index < -0.39 is 12.1 Å². The van der Waals surface area contributed by atoms with Gasteiger partial charge in [-0.2, -0.15) is 0 Å². The number of carboxylic acid groups (broad SMARTS) is 1. The fourth-order valence-electron chi connectivity index (χ4n) is 3.22. The van der Waals surface area contributed by atoms with Gasteiger partial charge in [0.1, 0.15) is 0 Å². The third kappa shape index (κ3) is 6.24. The molecule has 1 fully saturated rings. The zero-order valence-corrected chi connectivity index (χ0v) is 16.6. The molecule has 0 aromatic heterocycles. The Morgan fingerprint density at radius 3 is 2.68 bits per heavy atom. The number of aromatic carboxylic acids is 1. The van der Waals surface area contributed by atoms with Gasteiger partial charge in [0, 0.05) is 25.8 Å². The third-order valence-electron chi connectivity index (χ3n) is 5.06. The molecule has 0 bridgehead atoms. The van der Waals surface area contributed by atoms with Gasteiger partial charge in [-0.15, -0.1) is 11.8 Å². The number of carbonyl (C=O) groups excluding carboxylic acids is 1. The first-order valence-electron chi connectivity index (χ1n) is 9.86. The highest BCUT2D eigenvalue weighted by molar-refractivity contribution is 5.87. The normalized spacial score (nSPS) is 18.8. The molecule has 5 heteroatoms. The molecule has 28 heavy (non-hydrogen) atoms. The van der Waals surface area contributed by atoms with Crippen LogP contribution in [0.25, 0.3) is 0 Å². The molecule has 0 radical (unpaired) electrons. The average Bonchev–Trinajstić information content (AvgIpc) is 3.04. The van der Waals surface area contributed by atoms with Gasteiger partial charge >= 0.3 is 5.97 Å². The van der Waals surface area contributed by atoms with Crippen molar-refractivity contribution in [3.63, 3.8) is 0 Å². The Balaban J connectivity index is 1.92. The maximum absolute atomic E-state index is 12.2. The van der Waals surface area contributed by atoms with E-state index in [0.717, 1.165) is 18.4 Å². The maximum Gasteiger partial charge on any atom is 0.335 e. The second-order valence-electron chi connectivity index (χ2n) is 7.21. The molecule has 150 valence electrons. The Morgan fingerprint density at radius 1 is 1.32 bits per heavy atom. The molecular weight excluding hydrogens is 354 g/mol. The lowest BCUT2D eigenvalue weighted by Crippen LogP contribution is -2.34. The van der Waals surface area contributed by atoms with E-state index in [-0.39, 0.29) is 23.4 Å². The van der Waals surface area contributed by atoms with E-state index in [2.05, 4.69) is 11.8 Å². The van der Waals surface area contributed by atoms with Crippen LogP contribution in [0.2, 0.25) is 0 Å². The minimum absolute atomic E-state index is 0.00521. The van der Waals surface area contributed by atoms with Crippen LogP contribution >= 0.6 is 0 Å². The van der Waals surface area contributed by atoms with Crippen LogP contribution in [0.4, 0.5) is 0 Å². The molecule has 0 saturated carbocycles. The van der Waals surface area contributed by atoms with Crippen LogP contribution in [0.5, 0.6) is 0 Å². The highest BCUT2D eigenvalue weighted by Gasteiger charge is 2.28. The van der Waals surface area contributed by atoms with Crippen molar-refractivity contribution in [3.8, 4) is 11.8 Å². The van der Waals surface area contributed by atoms with Crippen LogP contribution in [-0.2, 0) is 11.2 Å². The Morgan fingerprint density at radius 2 is 2.04 bits per heavy atom. The van der Waals surface area contributed by atoms with Crippen molar-refractivity contribution in [1.82, 2.24) is 4.90 Å². The number of aliphatic hydroxyl groups excluding tert-OH is 1. The summed E-state index contributed by atoms with van der Waals surface area (Å²) in [4.78, 5) is 25.0. The first-order valence-corrected chi connectivity index (χ1v) is 9.86. The maximum atomic E-state index is 12.2. The van der Waals surface area contributed by atoms with Gasteiger partial charge in [0.05, 0.1) is 17.7 Å². The van der Waals surface area contributed by atoms with Crippen molar-refractivity contribution < 1.29 is 19.8 Å². The van der Waals surface area contributed by atoms with Crippen LogP contribution in [-0.4, -0.2) is 45.7 Å². The van der Waals surface area contributed by atoms with Gasteiger partial charge in [0.2, 0.25) is 5.91 Å². The van der Waals surface area contributed by atoms with E-state index in [1.54, 1.807) is 30.3 Å². The van der Waals surface area contributed by atoms with Crippen LogP contribution in [0.1, 0.15) is 55.5 Å². The van der Waals surface area contributed by atoms with E-state index in [0.29, 0.717) is 25.8 Å². The standard InChI is InChI=1S/C23H29NO4/c1-3-4-5-6-17(2)21(25)13-11-20-12-14-22(26)24(20)16-15-18-7-9-19(10-8-18)23(27)28/h7-11,13,17,20-21,25H,3,6,12,14-16H2,1-2H3,(H,27,28)/b13-11+/t17?,20?,21-/m1/s1. The summed E-state index contributed by atoms with van der Waals surface area (Å²) in [6.45, 7) is 4.55. The lowest BCUT2D eigenvalue weighted by molar-refractivity contribution is -0.128. The highest BCUT2D eigenvalue weighted by atomic mass is 16.4. The summed E-state index contributed by atoms with van der Waals surface area (Å²) in [5, 5.41) is 19.3. The van der Waals surface area contributed by atoms with Crippen molar-refractivity contribution in [2.45, 2.75) is 58.1 Å². The van der Waals surface area contributed by atoms with Gasteiger partial charge in [-0.1, -0.05) is 38.1 Å². The molecule has 1 aliphatic heterocycles. The van der Waals surface area contributed by atoms with Crippen LogP contribution in [0.15, 0.2) is 36.4 Å². The molecule has 1 aliphatic rings. The Hall–Kier alpha value is -2.58. The minimum atomic E-state index is -0.945. The predicted octanol–water partition coefficient (Wildman–Crippen LogP) is 3.28. The zero-order valence-electron chi connectivity index (χ0n) is 16.6. The SMILES string of the molecule is CCC#CCC(C)[C@H](O)/C=C/C1CCC(=O)N1CCc1ccc(C(=O)O)cc1. The van der Waals surface area contributed by atoms with Crippen molar-refractivity contribution in [1.29, 1.82) is 0 Å². The molecule has 2 unspecified atom stereocenters. The zero-order chi connectivity index (χ0) is 20.5. The molecule has 0 aliphatic carbocycles. The molecule has 2 N–H and O–H groups in total. The molecule has 2 rings (SSSR count). The number of hydrogen-bond donors (Lipinski definition) is 2. The molecule has 1 heterocycles. The number of carboxylic acids is 1. The van der Waals surface area contributed by atoms with Crippen LogP contribution < -0.4 is 0 Å². The van der Waals surface area contributed by atoms with Crippen molar-refractivity contribution in [2.24, 2.45) is 5.92 Å². The summed E-state index contributed by atoms with van der Waals surface area (Å²) >= 11 is 0. The second-order valence-corrected chi connectivity index (χ2v) is 7.21. The fourth-order valence-corrected chi connectivity index (χ4v) is 3.22. The van der Waals surface area contributed by atoms with Crippen LogP contribution in [0.3, 0.4) is 0 Å². The highest BCUT2D eigenvalue weighted by Crippen LogP contribution is 2.21. The Bertz CT molecular complexity index is 757. The van der Waals surface area contributed by atoms with Crippen LogP contribution in [0, 0.1) is 17.8 Å². The molecule has 1 aromatic carbocycles. The molecule has 0 spiro atoms. The summed E-state index contributed by atoms with van der Waals surface area (Å²) < 4.78 is 0. The second kappa shape index (κ2) is 10.7. The lowest BCUT2D eigenvalue weighted by atomic mass is 10.00. The number of amides is 1. The Labute approximate surface area is 167 Å². The van der Waals surface area contributed by atoms with Gasteiger partial charge in [-0.05, 0) is 36.5 Å². The predicted molar refractivity (Wildman–Crippen MR) is 109 cm³/mol. The van der Waals surface area contributed by atoms with E-state index in [1.807, 2.05) is 24.8 Å². The van der Waals surface area contributed by atoms with Gasteiger partial charge in [-0.25, -0.2) is 4.79 Å². The molecule has 1 amide bonds. The summed E-state index contributed by atoms with van der Waals surface area (Å²) in [6.07, 6.45) is 6.55. The number of likely N-dealkylation sites (tertiary alicyclic amines) is 1. The molecule has 1 saturated heterocycles. The Kier molecular flexibility index (Phi) is 8.28.